The lowest BCUT2D eigenvalue weighted by Gasteiger charge is -2.32. The lowest BCUT2D eigenvalue weighted by Crippen LogP contribution is -2.39. The van der Waals surface area contributed by atoms with E-state index in [0.29, 0.717) is 24.4 Å². The first kappa shape index (κ1) is 22.3. The third-order valence-corrected chi connectivity index (χ3v) is 6.32. The molecule has 2 atom stereocenters. The van der Waals surface area contributed by atoms with E-state index in [1.54, 1.807) is 0 Å². The van der Waals surface area contributed by atoms with Crippen molar-refractivity contribution in [3.05, 3.63) is 24.3 Å². The topological polar surface area (TPSA) is 44.4 Å². The second kappa shape index (κ2) is 9.99. The van der Waals surface area contributed by atoms with Gasteiger partial charge in [0.2, 0.25) is 5.91 Å². The van der Waals surface area contributed by atoms with Crippen molar-refractivity contribution in [1.29, 1.82) is 0 Å². The minimum Gasteiger partial charge on any atom is -0.371 e. The Labute approximate surface area is 175 Å². The monoisotopic (exact) mass is 413 g/mol. The van der Waals surface area contributed by atoms with Crippen LogP contribution in [0.15, 0.2) is 24.3 Å². The molecule has 2 unspecified atom stereocenters. The fourth-order valence-corrected chi connectivity index (χ4v) is 4.86. The van der Waals surface area contributed by atoms with E-state index in [9.17, 15) is 4.79 Å². The van der Waals surface area contributed by atoms with E-state index in [1.165, 1.54) is 31.4 Å². The summed E-state index contributed by atoms with van der Waals surface area (Å²) in [6, 6.07) is 9.69. The predicted molar refractivity (Wildman–Crippen MR) is 117 cm³/mol. The third-order valence-electron chi connectivity index (χ3n) is 6.32. The Morgan fingerprint density at radius 2 is 1.78 bits per heavy atom. The van der Waals surface area contributed by atoms with Crippen LogP contribution in [-0.2, 0) is 4.79 Å². The summed E-state index contributed by atoms with van der Waals surface area (Å²) >= 11 is 0. The van der Waals surface area contributed by atoms with Crippen LogP contribution < -0.4 is 15.5 Å². The van der Waals surface area contributed by atoms with E-state index in [0.717, 1.165) is 37.5 Å². The predicted octanol–water partition coefficient (Wildman–Crippen LogP) is 4.63. The van der Waals surface area contributed by atoms with Gasteiger partial charge in [0.15, 0.2) is 0 Å². The molecule has 2 N–H and O–H groups in total. The summed E-state index contributed by atoms with van der Waals surface area (Å²) in [6.45, 7) is 4.58. The molecule has 0 aromatic heterocycles. The van der Waals surface area contributed by atoms with Gasteiger partial charge in [0.25, 0.3) is 0 Å². The zero-order valence-electron chi connectivity index (χ0n) is 16.2. The lowest BCUT2D eigenvalue weighted by molar-refractivity contribution is -0.117. The number of nitrogens with one attached hydrogen (secondary N) is 2. The smallest absolute Gasteiger partial charge is 0.224 e. The molecule has 152 valence electrons. The number of hydrogen-bond acceptors (Lipinski definition) is 3. The summed E-state index contributed by atoms with van der Waals surface area (Å²) < 4.78 is 0. The number of benzene rings is 1. The van der Waals surface area contributed by atoms with Crippen molar-refractivity contribution in [1.82, 2.24) is 5.32 Å². The molecule has 2 bridgehead atoms. The number of rotatable bonds is 4. The number of hydrogen-bond donors (Lipinski definition) is 2. The van der Waals surface area contributed by atoms with Crippen LogP contribution in [0.1, 0.15) is 51.9 Å². The van der Waals surface area contributed by atoms with Gasteiger partial charge in [-0.25, -0.2) is 0 Å². The van der Waals surface area contributed by atoms with Crippen molar-refractivity contribution < 1.29 is 4.79 Å². The minimum absolute atomic E-state index is 0. The van der Waals surface area contributed by atoms with Gasteiger partial charge >= 0.3 is 0 Å². The maximum Gasteiger partial charge on any atom is 0.224 e. The number of nitrogens with zero attached hydrogens (tertiary/aromatic N) is 1. The Morgan fingerprint density at radius 1 is 1.11 bits per heavy atom. The standard InChI is InChI=1S/C21H31N3O.2ClH/c1-15-7-9-24(10-8-15)20-4-2-3-17(14-20)23-21(25)13-16-11-18-5-6-19(12-16)22-18;;/h2-4,14-16,18-19,22H,5-13H2,1H3,(H,23,25);2*1H. The molecule has 3 fully saturated rings. The second-order valence-corrected chi connectivity index (χ2v) is 8.45. The van der Waals surface area contributed by atoms with Crippen LogP contribution in [0.4, 0.5) is 11.4 Å². The maximum atomic E-state index is 12.5. The molecule has 27 heavy (non-hydrogen) atoms. The van der Waals surface area contributed by atoms with Crippen LogP contribution in [0.3, 0.4) is 0 Å². The summed E-state index contributed by atoms with van der Waals surface area (Å²) in [4.78, 5) is 14.9. The fourth-order valence-electron chi connectivity index (χ4n) is 4.86. The van der Waals surface area contributed by atoms with Crippen molar-refractivity contribution in [2.24, 2.45) is 11.8 Å². The van der Waals surface area contributed by atoms with Gasteiger partial charge in [-0.15, -0.1) is 24.8 Å². The van der Waals surface area contributed by atoms with Gasteiger partial charge in [-0.3, -0.25) is 4.79 Å². The van der Waals surface area contributed by atoms with Crippen LogP contribution in [0, 0.1) is 11.8 Å². The summed E-state index contributed by atoms with van der Waals surface area (Å²) in [5.41, 5.74) is 2.18. The Kier molecular flexibility index (Phi) is 8.26. The van der Waals surface area contributed by atoms with Gasteiger partial charge in [0.1, 0.15) is 0 Å². The first-order chi connectivity index (χ1) is 12.2. The number of carbonyl (C=O) groups is 1. The summed E-state index contributed by atoms with van der Waals surface area (Å²) in [7, 11) is 0. The molecule has 4 rings (SSSR count). The average molecular weight is 414 g/mol. The van der Waals surface area contributed by atoms with Crippen molar-refractivity contribution in [3.8, 4) is 0 Å². The lowest BCUT2D eigenvalue weighted by atomic mass is 9.89. The molecule has 0 saturated carbocycles. The number of carbonyl (C=O) groups excluding carboxylic acids is 1. The Bertz CT molecular complexity index is 607. The van der Waals surface area contributed by atoms with E-state index < -0.39 is 0 Å². The highest BCUT2D eigenvalue weighted by Crippen LogP contribution is 2.33. The largest absolute Gasteiger partial charge is 0.371 e. The quantitative estimate of drug-likeness (QED) is 0.755. The van der Waals surface area contributed by atoms with E-state index in [2.05, 4.69) is 40.7 Å². The zero-order valence-corrected chi connectivity index (χ0v) is 17.8. The molecule has 1 aromatic carbocycles. The molecule has 3 aliphatic heterocycles. The van der Waals surface area contributed by atoms with Gasteiger partial charge in [-0.2, -0.15) is 0 Å². The van der Waals surface area contributed by atoms with E-state index >= 15 is 0 Å². The first-order valence-electron chi connectivity index (χ1n) is 10.1. The highest BCUT2D eigenvalue weighted by Gasteiger charge is 2.34. The molecule has 1 aromatic rings. The van der Waals surface area contributed by atoms with E-state index in [1.807, 2.05) is 6.07 Å². The van der Waals surface area contributed by atoms with Crippen LogP contribution in [0.2, 0.25) is 0 Å². The van der Waals surface area contributed by atoms with E-state index in [-0.39, 0.29) is 30.7 Å². The maximum absolute atomic E-state index is 12.5. The van der Waals surface area contributed by atoms with Crippen LogP contribution in [-0.4, -0.2) is 31.1 Å². The van der Waals surface area contributed by atoms with Gasteiger partial charge < -0.3 is 15.5 Å². The molecule has 3 heterocycles. The molecule has 6 heteroatoms. The van der Waals surface area contributed by atoms with Crippen molar-refractivity contribution in [3.63, 3.8) is 0 Å². The SMILES string of the molecule is CC1CCN(c2cccc(NC(=O)CC3CC4CCC(C3)N4)c2)CC1.Cl.Cl. The molecular weight excluding hydrogens is 381 g/mol. The van der Waals surface area contributed by atoms with Gasteiger partial charge in [-0.1, -0.05) is 13.0 Å². The Morgan fingerprint density at radius 3 is 2.44 bits per heavy atom. The molecule has 1 amide bonds. The van der Waals surface area contributed by atoms with Crippen molar-refractivity contribution in [2.45, 2.75) is 64.0 Å². The number of fused-ring (bicyclic) bond motifs is 2. The van der Waals surface area contributed by atoms with Gasteiger partial charge in [-0.05, 0) is 68.6 Å². The molecule has 0 aliphatic carbocycles. The molecule has 0 radical (unpaired) electrons. The van der Waals surface area contributed by atoms with Crippen molar-refractivity contribution in [2.75, 3.05) is 23.3 Å². The molecule has 3 saturated heterocycles. The Hall–Kier alpha value is -0.970. The van der Waals surface area contributed by atoms with E-state index in [4.69, 9.17) is 0 Å². The number of piperidine rings is 2. The first-order valence-corrected chi connectivity index (χ1v) is 10.1. The zero-order chi connectivity index (χ0) is 17.2. The molecule has 0 spiro atoms. The van der Waals surface area contributed by atoms with Crippen LogP contribution in [0.5, 0.6) is 0 Å². The average Bonchev–Trinajstić information content (AvgIpc) is 2.94. The van der Waals surface area contributed by atoms with Crippen LogP contribution >= 0.6 is 24.8 Å². The third kappa shape index (κ3) is 5.75. The normalized spacial score (nSPS) is 27.4. The number of halogens is 2. The van der Waals surface area contributed by atoms with Gasteiger partial charge in [0.05, 0.1) is 0 Å². The summed E-state index contributed by atoms with van der Waals surface area (Å²) in [5, 5.41) is 6.79. The second-order valence-electron chi connectivity index (χ2n) is 8.45. The van der Waals surface area contributed by atoms with Crippen LogP contribution in [0.25, 0.3) is 0 Å². The number of amides is 1. The minimum atomic E-state index is 0. The fraction of sp³-hybridized carbons (Fsp3) is 0.667. The van der Waals surface area contributed by atoms with Crippen molar-refractivity contribution >= 4 is 42.1 Å². The highest BCUT2D eigenvalue weighted by molar-refractivity contribution is 5.91. The Balaban J connectivity index is 0.00000131. The molecule has 4 nitrogen and oxygen atoms in total. The molecule has 3 aliphatic rings. The highest BCUT2D eigenvalue weighted by atomic mass is 35.5. The molecular formula is C21H33Cl2N3O. The number of anilines is 2. The summed E-state index contributed by atoms with van der Waals surface area (Å²) in [6.07, 6.45) is 8.09. The summed E-state index contributed by atoms with van der Waals surface area (Å²) in [5.74, 6) is 1.56. The van der Waals surface area contributed by atoms with Gasteiger partial charge in [0, 0.05) is 43.0 Å².